The molecule has 7 heteroatoms. The fourth-order valence-corrected chi connectivity index (χ4v) is 3.91. The van der Waals surface area contributed by atoms with E-state index < -0.39 is 5.97 Å². The van der Waals surface area contributed by atoms with Crippen LogP contribution in [0.2, 0.25) is 10.0 Å². The molecule has 0 bridgehead atoms. The number of nitrogens with zero attached hydrogens (tertiary/aromatic N) is 1. The maximum absolute atomic E-state index is 13.5. The van der Waals surface area contributed by atoms with Gasteiger partial charge in [0.05, 0.1) is 28.6 Å². The van der Waals surface area contributed by atoms with Crippen molar-refractivity contribution >= 4 is 52.5 Å². The minimum Gasteiger partial charge on any atom is -0.494 e. The number of hydrogen-bond acceptors (Lipinski definition) is 3. The van der Waals surface area contributed by atoms with Gasteiger partial charge < -0.3 is 9.84 Å². The number of rotatable bonds is 6. The second kappa shape index (κ2) is 9.53. The summed E-state index contributed by atoms with van der Waals surface area (Å²) in [7, 11) is 0. The summed E-state index contributed by atoms with van der Waals surface area (Å²) in [5, 5.41) is 9.91. The highest BCUT2D eigenvalue weighted by Crippen LogP contribution is 2.37. The van der Waals surface area contributed by atoms with E-state index in [0.717, 1.165) is 16.9 Å². The van der Waals surface area contributed by atoms with Gasteiger partial charge in [0.2, 0.25) is 0 Å². The van der Waals surface area contributed by atoms with Gasteiger partial charge in [-0.3, -0.25) is 9.69 Å². The maximum atomic E-state index is 13.5. The number of anilines is 1. The lowest BCUT2D eigenvalue weighted by molar-refractivity contribution is -0.113. The SMILES string of the molecule is CCOc1ccc(/C=C2\C=C(c3ccc(Cl)cc3)N(c3ccc(C(=O)O)c(Cl)c3)C2=O)cc1. The number of ether oxygens (including phenoxy) is 1. The molecule has 1 heterocycles. The molecule has 1 aliphatic rings. The molecule has 5 nitrogen and oxygen atoms in total. The Labute approximate surface area is 201 Å². The summed E-state index contributed by atoms with van der Waals surface area (Å²) in [6.07, 6.45) is 3.59. The summed E-state index contributed by atoms with van der Waals surface area (Å²) >= 11 is 12.2. The van der Waals surface area contributed by atoms with Crippen LogP contribution in [0.15, 0.2) is 78.4 Å². The molecule has 33 heavy (non-hydrogen) atoms. The Balaban J connectivity index is 1.77. The third kappa shape index (κ3) is 4.80. The quantitative estimate of drug-likeness (QED) is 0.406. The number of carboxylic acids is 1. The van der Waals surface area contributed by atoms with Gasteiger partial charge in [0.15, 0.2) is 0 Å². The van der Waals surface area contributed by atoms with Gasteiger partial charge in [0.1, 0.15) is 5.75 Å². The molecule has 0 aliphatic carbocycles. The van der Waals surface area contributed by atoms with Crippen LogP contribution in [0.4, 0.5) is 5.69 Å². The lowest BCUT2D eigenvalue weighted by Gasteiger charge is -2.21. The summed E-state index contributed by atoms with van der Waals surface area (Å²) in [5.74, 6) is -0.638. The van der Waals surface area contributed by atoms with Crippen molar-refractivity contribution < 1.29 is 19.4 Å². The van der Waals surface area contributed by atoms with Gasteiger partial charge in [-0.1, -0.05) is 47.5 Å². The zero-order valence-corrected chi connectivity index (χ0v) is 19.1. The Morgan fingerprint density at radius 2 is 1.73 bits per heavy atom. The monoisotopic (exact) mass is 479 g/mol. The second-order valence-corrected chi connectivity index (χ2v) is 8.09. The van der Waals surface area contributed by atoms with Crippen molar-refractivity contribution in [2.75, 3.05) is 11.5 Å². The van der Waals surface area contributed by atoms with Gasteiger partial charge in [-0.15, -0.1) is 0 Å². The molecule has 0 radical (unpaired) electrons. The number of aromatic carboxylic acids is 1. The van der Waals surface area contributed by atoms with Crippen LogP contribution in [0, 0.1) is 0 Å². The molecule has 1 amide bonds. The van der Waals surface area contributed by atoms with Crippen LogP contribution in [0.3, 0.4) is 0 Å². The van der Waals surface area contributed by atoms with Crippen LogP contribution in [0.25, 0.3) is 11.8 Å². The predicted molar refractivity (Wildman–Crippen MR) is 131 cm³/mol. The highest BCUT2D eigenvalue weighted by atomic mass is 35.5. The fraction of sp³-hybridized carbons (Fsp3) is 0.0769. The van der Waals surface area contributed by atoms with Gasteiger partial charge in [-0.25, -0.2) is 4.79 Å². The Morgan fingerprint density at radius 3 is 2.33 bits per heavy atom. The molecule has 0 spiro atoms. The molecule has 1 N–H and O–H groups in total. The molecule has 1 aliphatic heterocycles. The lowest BCUT2D eigenvalue weighted by Crippen LogP contribution is -2.25. The predicted octanol–water partition coefficient (Wildman–Crippen LogP) is 6.56. The molecule has 0 saturated carbocycles. The summed E-state index contributed by atoms with van der Waals surface area (Å²) < 4.78 is 5.48. The average Bonchev–Trinajstić information content (AvgIpc) is 3.11. The van der Waals surface area contributed by atoms with Crippen LogP contribution >= 0.6 is 23.2 Å². The maximum Gasteiger partial charge on any atom is 0.337 e. The Bertz CT molecular complexity index is 1280. The Morgan fingerprint density at radius 1 is 1.03 bits per heavy atom. The zero-order valence-electron chi connectivity index (χ0n) is 17.6. The van der Waals surface area contributed by atoms with Crippen molar-refractivity contribution in [3.8, 4) is 5.75 Å². The summed E-state index contributed by atoms with van der Waals surface area (Å²) in [5.41, 5.74) is 3.16. The molecule has 0 saturated heterocycles. The average molecular weight is 480 g/mol. The van der Waals surface area contributed by atoms with Crippen molar-refractivity contribution in [1.29, 1.82) is 0 Å². The van der Waals surface area contributed by atoms with E-state index in [1.807, 2.05) is 43.3 Å². The minimum atomic E-state index is -1.14. The van der Waals surface area contributed by atoms with Crippen LogP contribution < -0.4 is 9.64 Å². The number of carboxylic acid groups (broad SMARTS) is 1. The van der Waals surface area contributed by atoms with Gasteiger partial charge >= 0.3 is 5.97 Å². The van der Waals surface area contributed by atoms with E-state index in [-0.39, 0.29) is 16.5 Å². The van der Waals surface area contributed by atoms with E-state index in [4.69, 9.17) is 27.9 Å². The summed E-state index contributed by atoms with van der Waals surface area (Å²) in [6, 6.07) is 19.0. The molecule has 0 fully saturated rings. The van der Waals surface area contributed by atoms with Gasteiger partial charge in [-0.2, -0.15) is 0 Å². The number of amides is 1. The molecule has 0 atom stereocenters. The van der Waals surface area contributed by atoms with Crippen molar-refractivity contribution in [3.05, 3.63) is 105 Å². The van der Waals surface area contributed by atoms with Crippen molar-refractivity contribution in [2.24, 2.45) is 0 Å². The molecular weight excluding hydrogens is 461 g/mol. The molecule has 3 aromatic rings. The number of benzene rings is 3. The molecule has 4 rings (SSSR count). The topological polar surface area (TPSA) is 66.8 Å². The lowest BCUT2D eigenvalue weighted by atomic mass is 10.1. The second-order valence-electron chi connectivity index (χ2n) is 7.25. The zero-order chi connectivity index (χ0) is 23.5. The third-order valence-corrected chi connectivity index (χ3v) is 5.64. The van der Waals surface area contributed by atoms with Crippen molar-refractivity contribution in [1.82, 2.24) is 0 Å². The number of halogens is 2. The van der Waals surface area contributed by atoms with Crippen LogP contribution in [-0.4, -0.2) is 23.6 Å². The van der Waals surface area contributed by atoms with E-state index in [0.29, 0.717) is 28.6 Å². The first-order valence-corrected chi connectivity index (χ1v) is 10.9. The Kier molecular flexibility index (Phi) is 6.54. The van der Waals surface area contributed by atoms with E-state index in [1.54, 1.807) is 30.4 Å². The summed E-state index contributed by atoms with van der Waals surface area (Å²) in [6.45, 7) is 2.49. The van der Waals surface area contributed by atoms with E-state index in [2.05, 4.69) is 0 Å². The van der Waals surface area contributed by atoms with Crippen molar-refractivity contribution in [3.63, 3.8) is 0 Å². The number of hydrogen-bond donors (Lipinski definition) is 1. The smallest absolute Gasteiger partial charge is 0.337 e. The highest BCUT2D eigenvalue weighted by Gasteiger charge is 2.31. The van der Waals surface area contributed by atoms with E-state index >= 15 is 0 Å². The first kappa shape index (κ1) is 22.6. The standard InChI is InChI=1S/C26H19Cl2NO4/c1-2-33-21-10-3-16(4-11-21)13-18-14-24(17-5-7-19(27)8-6-17)29(25(18)30)20-9-12-22(26(31)32)23(28)15-20/h3-15H,2H2,1H3,(H,31,32)/b18-13+. The third-order valence-electron chi connectivity index (χ3n) is 5.08. The molecular formula is C26H19Cl2NO4. The molecule has 166 valence electrons. The first-order chi connectivity index (χ1) is 15.9. The largest absolute Gasteiger partial charge is 0.494 e. The van der Waals surface area contributed by atoms with E-state index in [1.165, 1.54) is 17.0 Å². The normalized spacial score (nSPS) is 14.5. The minimum absolute atomic E-state index is 0.0331. The fourth-order valence-electron chi connectivity index (χ4n) is 3.53. The summed E-state index contributed by atoms with van der Waals surface area (Å²) in [4.78, 5) is 26.3. The first-order valence-electron chi connectivity index (χ1n) is 10.2. The van der Waals surface area contributed by atoms with Gasteiger partial charge in [-0.05, 0) is 72.7 Å². The van der Waals surface area contributed by atoms with Gasteiger partial charge in [0, 0.05) is 10.6 Å². The number of carbonyl (C=O) groups excluding carboxylic acids is 1. The van der Waals surface area contributed by atoms with Gasteiger partial charge in [0.25, 0.3) is 5.91 Å². The van der Waals surface area contributed by atoms with E-state index in [9.17, 15) is 14.7 Å². The van der Waals surface area contributed by atoms with Crippen molar-refractivity contribution in [2.45, 2.75) is 6.92 Å². The van der Waals surface area contributed by atoms with Crippen LogP contribution in [0.5, 0.6) is 5.75 Å². The molecule has 0 unspecified atom stereocenters. The molecule has 0 aromatic heterocycles. The van der Waals surface area contributed by atoms with Crippen LogP contribution in [0.1, 0.15) is 28.4 Å². The molecule has 3 aromatic carbocycles. The number of carbonyl (C=O) groups is 2. The van der Waals surface area contributed by atoms with Crippen LogP contribution in [-0.2, 0) is 4.79 Å². The Hall–Kier alpha value is -3.54. The highest BCUT2D eigenvalue weighted by molar-refractivity contribution is 6.34.